The van der Waals surface area contributed by atoms with E-state index in [0.29, 0.717) is 30.8 Å². The monoisotopic (exact) mass is 301 g/mol. The van der Waals surface area contributed by atoms with Crippen LogP contribution in [0.15, 0.2) is 22.7 Å². The molecule has 5 heteroatoms. The van der Waals surface area contributed by atoms with Crippen LogP contribution < -0.4 is 0 Å². The fourth-order valence-corrected chi connectivity index (χ4v) is 2.15. The maximum atomic E-state index is 13.8. The largest absolute Gasteiger partial charge is 0.380 e. The van der Waals surface area contributed by atoms with Crippen molar-refractivity contribution in [3.8, 4) is 0 Å². The SMILES string of the molecule is O=C(c1cccc(Br)c1F)N1CCCOCC1. The van der Waals surface area contributed by atoms with Crippen LogP contribution in [-0.2, 0) is 4.74 Å². The van der Waals surface area contributed by atoms with Gasteiger partial charge in [0.1, 0.15) is 5.82 Å². The number of carbonyl (C=O) groups is 1. The molecule has 0 spiro atoms. The number of amides is 1. The molecule has 1 aliphatic heterocycles. The summed E-state index contributed by atoms with van der Waals surface area (Å²) < 4.78 is 19.4. The van der Waals surface area contributed by atoms with E-state index >= 15 is 0 Å². The molecule has 0 saturated carbocycles. The van der Waals surface area contributed by atoms with Crippen molar-refractivity contribution in [3.63, 3.8) is 0 Å². The van der Waals surface area contributed by atoms with Crippen LogP contribution in [0.5, 0.6) is 0 Å². The first-order valence-corrected chi connectivity index (χ1v) is 6.30. The summed E-state index contributed by atoms with van der Waals surface area (Å²) in [5.74, 6) is -0.767. The summed E-state index contributed by atoms with van der Waals surface area (Å²) in [5.41, 5.74) is 0.112. The van der Waals surface area contributed by atoms with Gasteiger partial charge in [-0.05, 0) is 34.5 Å². The number of hydrogen-bond acceptors (Lipinski definition) is 2. The maximum absolute atomic E-state index is 13.8. The number of benzene rings is 1. The van der Waals surface area contributed by atoms with Crippen LogP contribution in [0.2, 0.25) is 0 Å². The standard InChI is InChI=1S/C12H13BrFNO2/c13-10-4-1-3-9(11(10)14)12(16)15-5-2-7-17-8-6-15/h1,3-4H,2,5-8H2. The first kappa shape index (κ1) is 12.5. The minimum absolute atomic E-state index is 0.112. The number of carbonyl (C=O) groups excluding carboxylic acids is 1. The Hall–Kier alpha value is -0.940. The Bertz CT molecular complexity index is 417. The van der Waals surface area contributed by atoms with E-state index in [1.165, 1.54) is 6.07 Å². The van der Waals surface area contributed by atoms with Gasteiger partial charge < -0.3 is 9.64 Å². The highest BCUT2D eigenvalue weighted by Gasteiger charge is 2.21. The van der Waals surface area contributed by atoms with Crippen molar-refractivity contribution in [1.29, 1.82) is 0 Å². The molecule has 0 N–H and O–H groups in total. The second-order valence-corrected chi connectivity index (χ2v) is 4.71. The van der Waals surface area contributed by atoms with E-state index in [0.717, 1.165) is 6.42 Å². The van der Waals surface area contributed by atoms with Gasteiger partial charge in [0.2, 0.25) is 0 Å². The summed E-state index contributed by atoms with van der Waals surface area (Å²) in [6.07, 6.45) is 0.793. The predicted molar refractivity (Wildman–Crippen MR) is 65.4 cm³/mol. The number of ether oxygens (including phenoxy) is 1. The van der Waals surface area contributed by atoms with Gasteiger partial charge in [-0.1, -0.05) is 6.07 Å². The van der Waals surface area contributed by atoms with E-state index < -0.39 is 5.82 Å². The van der Waals surface area contributed by atoms with Crippen LogP contribution >= 0.6 is 15.9 Å². The Kier molecular flexibility index (Phi) is 4.12. The highest BCUT2D eigenvalue weighted by atomic mass is 79.9. The number of rotatable bonds is 1. The Morgan fingerprint density at radius 2 is 2.18 bits per heavy atom. The summed E-state index contributed by atoms with van der Waals surface area (Å²) in [6, 6.07) is 4.75. The molecule has 92 valence electrons. The maximum Gasteiger partial charge on any atom is 0.256 e. The van der Waals surface area contributed by atoms with Gasteiger partial charge in [-0.2, -0.15) is 0 Å². The van der Waals surface area contributed by atoms with E-state index in [1.807, 2.05) is 0 Å². The van der Waals surface area contributed by atoms with Crippen LogP contribution in [-0.4, -0.2) is 37.1 Å². The van der Waals surface area contributed by atoms with Gasteiger partial charge in [0.15, 0.2) is 0 Å². The van der Waals surface area contributed by atoms with Gasteiger partial charge in [0.05, 0.1) is 16.6 Å². The van der Waals surface area contributed by atoms with Crippen LogP contribution in [0.1, 0.15) is 16.8 Å². The lowest BCUT2D eigenvalue weighted by Crippen LogP contribution is -2.33. The van der Waals surface area contributed by atoms with Crippen molar-refractivity contribution in [1.82, 2.24) is 4.90 Å². The van der Waals surface area contributed by atoms with Crippen molar-refractivity contribution in [3.05, 3.63) is 34.1 Å². The summed E-state index contributed by atoms with van der Waals surface area (Å²) in [5, 5.41) is 0. The molecule has 0 unspecified atom stereocenters. The number of nitrogens with zero attached hydrogens (tertiary/aromatic N) is 1. The summed E-state index contributed by atoms with van der Waals surface area (Å²) in [7, 11) is 0. The Morgan fingerprint density at radius 3 is 3.00 bits per heavy atom. The Labute approximate surface area is 108 Å². The average molecular weight is 302 g/mol. The summed E-state index contributed by atoms with van der Waals surface area (Å²) in [4.78, 5) is 13.8. The van der Waals surface area contributed by atoms with Gasteiger partial charge in [0.25, 0.3) is 5.91 Å². The Morgan fingerprint density at radius 1 is 1.35 bits per heavy atom. The minimum atomic E-state index is -0.498. The molecule has 1 fully saturated rings. The quantitative estimate of drug-likeness (QED) is 0.797. The van der Waals surface area contributed by atoms with E-state index in [4.69, 9.17) is 4.74 Å². The molecule has 0 aliphatic carbocycles. The van der Waals surface area contributed by atoms with Crippen molar-refractivity contribution in [2.75, 3.05) is 26.3 Å². The fourth-order valence-electron chi connectivity index (χ4n) is 1.79. The lowest BCUT2D eigenvalue weighted by molar-refractivity contribution is 0.0736. The first-order valence-electron chi connectivity index (χ1n) is 5.51. The minimum Gasteiger partial charge on any atom is -0.380 e. The van der Waals surface area contributed by atoms with Crippen molar-refractivity contribution in [2.24, 2.45) is 0 Å². The molecule has 1 saturated heterocycles. The van der Waals surface area contributed by atoms with E-state index in [-0.39, 0.29) is 11.5 Å². The van der Waals surface area contributed by atoms with Crippen LogP contribution in [0, 0.1) is 5.82 Å². The molecular weight excluding hydrogens is 289 g/mol. The molecule has 1 amide bonds. The second-order valence-electron chi connectivity index (χ2n) is 3.86. The zero-order chi connectivity index (χ0) is 12.3. The van der Waals surface area contributed by atoms with Crippen molar-refractivity contribution < 1.29 is 13.9 Å². The van der Waals surface area contributed by atoms with Gasteiger partial charge in [-0.3, -0.25) is 4.79 Å². The third-order valence-electron chi connectivity index (χ3n) is 2.69. The van der Waals surface area contributed by atoms with Gasteiger partial charge in [-0.15, -0.1) is 0 Å². The van der Waals surface area contributed by atoms with Gasteiger partial charge >= 0.3 is 0 Å². The highest BCUT2D eigenvalue weighted by Crippen LogP contribution is 2.20. The van der Waals surface area contributed by atoms with E-state index in [2.05, 4.69) is 15.9 Å². The number of hydrogen-bond donors (Lipinski definition) is 0. The lowest BCUT2D eigenvalue weighted by atomic mass is 10.2. The topological polar surface area (TPSA) is 29.5 Å². The molecule has 3 nitrogen and oxygen atoms in total. The third-order valence-corrected chi connectivity index (χ3v) is 3.30. The average Bonchev–Trinajstić information content (AvgIpc) is 2.60. The summed E-state index contributed by atoms with van der Waals surface area (Å²) >= 11 is 3.08. The predicted octanol–water partition coefficient (Wildman–Crippen LogP) is 2.45. The lowest BCUT2D eigenvalue weighted by Gasteiger charge is -2.20. The van der Waals surface area contributed by atoms with Crippen molar-refractivity contribution >= 4 is 21.8 Å². The van der Waals surface area contributed by atoms with E-state index in [9.17, 15) is 9.18 Å². The third kappa shape index (κ3) is 2.84. The van der Waals surface area contributed by atoms with Crippen LogP contribution in [0.4, 0.5) is 4.39 Å². The molecule has 2 rings (SSSR count). The molecule has 17 heavy (non-hydrogen) atoms. The second kappa shape index (κ2) is 5.60. The Balaban J connectivity index is 2.20. The molecule has 1 aromatic carbocycles. The zero-order valence-electron chi connectivity index (χ0n) is 9.29. The smallest absolute Gasteiger partial charge is 0.256 e. The molecule has 1 heterocycles. The normalized spacial score (nSPS) is 16.7. The zero-order valence-corrected chi connectivity index (χ0v) is 10.9. The summed E-state index contributed by atoms with van der Waals surface area (Å²) in [6.45, 7) is 2.31. The molecule has 1 aliphatic rings. The molecular formula is C12H13BrFNO2. The van der Waals surface area contributed by atoms with Gasteiger partial charge in [-0.25, -0.2) is 4.39 Å². The fraction of sp³-hybridized carbons (Fsp3) is 0.417. The molecule has 0 aromatic heterocycles. The van der Waals surface area contributed by atoms with E-state index in [1.54, 1.807) is 17.0 Å². The van der Waals surface area contributed by atoms with Crippen LogP contribution in [0.25, 0.3) is 0 Å². The first-order chi connectivity index (χ1) is 8.20. The van der Waals surface area contributed by atoms with Crippen LogP contribution in [0.3, 0.4) is 0 Å². The number of halogens is 2. The molecule has 0 atom stereocenters. The van der Waals surface area contributed by atoms with Gasteiger partial charge in [0, 0.05) is 19.7 Å². The molecule has 0 bridgehead atoms. The van der Waals surface area contributed by atoms with Crippen molar-refractivity contribution in [2.45, 2.75) is 6.42 Å². The molecule has 1 aromatic rings. The molecule has 0 radical (unpaired) electrons. The highest BCUT2D eigenvalue weighted by molar-refractivity contribution is 9.10.